The molecule has 0 aliphatic rings. The van der Waals surface area contributed by atoms with Crippen LogP contribution in [0.15, 0.2) is 47.5 Å². The second kappa shape index (κ2) is 7.13. The van der Waals surface area contributed by atoms with E-state index in [4.69, 9.17) is 11.6 Å². The fourth-order valence-electron chi connectivity index (χ4n) is 2.88. The summed E-state index contributed by atoms with van der Waals surface area (Å²) >= 11 is 6.90. The van der Waals surface area contributed by atoms with Gasteiger partial charge in [0.1, 0.15) is 10.5 Å². The highest BCUT2D eigenvalue weighted by molar-refractivity contribution is 7.17. The van der Waals surface area contributed by atoms with Gasteiger partial charge in [-0.05, 0) is 17.7 Å². The number of carbonyl (C=O) groups excluding carboxylic acids is 1. The maximum absolute atomic E-state index is 12.4. The predicted octanol–water partition coefficient (Wildman–Crippen LogP) is 4.35. The Morgan fingerprint density at radius 3 is 2.55 bits per heavy atom. The van der Waals surface area contributed by atoms with Crippen LogP contribution < -0.4 is 10.9 Å². The Morgan fingerprint density at radius 2 is 1.93 bits per heavy atom. The predicted molar refractivity (Wildman–Crippen MR) is 115 cm³/mol. The first-order valence-corrected chi connectivity index (χ1v) is 10.1. The van der Waals surface area contributed by atoms with E-state index in [1.165, 1.54) is 10.7 Å². The summed E-state index contributed by atoms with van der Waals surface area (Å²) in [5.74, 6) is -0.266. The summed E-state index contributed by atoms with van der Waals surface area (Å²) in [7, 11) is 0. The molecule has 0 atom stereocenters. The van der Waals surface area contributed by atoms with Crippen molar-refractivity contribution in [2.45, 2.75) is 26.2 Å². The average Bonchev–Trinajstić information content (AvgIpc) is 3.28. The lowest BCUT2D eigenvalue weighted by Gasteiger charge is -2.18. The van der Waals surface area contributed by atoms with Crippen molar-refractivity contribution in [1.82, 2.24) is 19.6 Å². The lowest BCUT2D eigenvalue weighted by atomic mass is 9.92. The molecule has 0 unspecified atom stereocenters. The Kier molecular flexibility index (Phi) is 4.76. The van der Waals surface area contributed by atoms with Crippen LogP contribution in [0.3, 0.4) is 0 Å². The number of benzene rings is 1. The minimum absolute atomic E-state index is 0.179. The Balaban J connectivity index is 1.65. The van der Waals surface area contributed by atoms with Crippen molar-refractivity contribution in [3.8, 4) is 11.1 Å². The van der Waals surface area contributed by atoms with Crippen molar-refractivity contribution in [3.05, 3.63) is 68.1 Å². The highest BCUT2D eigenvalue weighted by Gasteiger charge is 2.18. The second-order valence-corrected chi connectivity index (χ2v) is 9.21. The van der Waals surface area contributed by atoms with Crippen molar-refractivity contribution >= 4 is 40.2 Å². The van der Waals surface area contributed by atoms with Crippen molar-refractivity contribution in [3.63, 3.8) is 0 Å². The van der Waals surface area contributed by atoms with Gasteiger partial charge >= 0.3 is 0 Å². The zero-order chi connectivity index (χ0) is 20.8. The van der Waals surface area contributed by atoms with Gasteiger partial charge in [0, 0.05) is 28.4 Å². The molecule has 0 spiro atoms. The number of hydrogen-bond acceptors (Lipinski definition) is 5. The summed E-state index contributed by atoms with van der Waals surface area (Å²) in [6.07, 6.45) is 3.10. The summed E-state index contributed by atoms with van der Waals surface area (Å²) in [6, 6.07) is 8.91. The number of aromatic nitrogens is 4. The van der Waals surface area contributed by atoms with Gasteiger partial charge in [-0.2, -0.15) is 9.61 Å². The number of hydrogen-bond donors (Lipinski definition) is 2. The van der Waals surface area contributed by atoms with Crippen molar-refractivity contribution < 1.29 is 4.79 Å². The molecule has 0 fully saturated rings. The van der Waals surface area contributed by atoms with Crippen molar-refractivity contribution in [2.24, 2.45) is 0 Å². The number of H-pyrrole nitrogens is 1. The molecule has 3 heterocycles. The molecule has 2 N–H and O–H groups in total. The van der Waals surface area contributed by atoms with E-state index in [0.29, 0.717) is 20.7 Å². The molecule has 29 heavy (non-hydrogen) atoms. The molecule has 1 amide bonds. The zero-order valence-electron chi connectivity index (χ0n) is 16.0. The van der Waals surface area contributed by atoms with Gasteiger partial charge in [0.2, 0.25) is 0 Å². The van der Waals surface area contributed by atoms with Gasteiger partial charge in [0.05, 0.1) is 12.4 Å². The van der Waals surface area contributed by atoms with Gasteiger partial charge in [-0.25, -0.2) is 4.98 Å². The molecule has 0 radical (unpaired) electrons. The fraction of sp³-hybridized carbons (Fsp3) is 0.200. The van der Waals surface area contributed by atoms with Gasteiger partial charge in [-0.15, -0.1) is 0 Å². The van der Waals surface area contributed by atoms with Gasteiger partial charge < -0.3 is 10.3 Å². The van der Waals surface area contributed by atoms with Crippen LogP contribution in [0.25, 0.3) is 16.8 Å². The van der Waals surface area contributed by atoms with Crippen LogP contribution in [0.2, 0.25) is 4.47 Å². The molecular weight excluding hydrogens is 410 g/mol. The Bertz CT molecular complexity index is 1260. The Hall–Kier alpha value is -2.97. The van der Waals surface area contributed by atoms with E-state index in [1.807, 2.05) is 32.9 Å². The first-order chi connectivity index (χ1) is 13.7. The lowest BCUT2D eigenvalue weighted by Crippen LogP contribution is -2.22. The monoisotopic (exact) mass is 427 g/mol. The van der Waals surface area contributed by atoms with Gasteiger partial charge in [-0.1, -0.05) is 55.8 Å². The van der Waals surface area contributed by atoms with Crippen LogP contribution in [0.4, 0.5) is 5.69 Å². The second-order valence-electron chi connectivity index (χ2n) is 7.60. The largest absolute Gasteiger partial charge is 0.342 e. The zero-order valence-corrected chi connectivity index (χ0v) is 17.6. The maximum atomic E-state index is 12.4. The Labute approximate surface area is 175 Å². The number of carbonyl (C=O) groups is 1. The highest BCUT2D eigenvalue weighted by atomic mass is 35.5. The molecule has 0 saturated carbocycles. The number of nitrogens with one attached hydrogen (secondary N) is 2. The van der Waals surface area contributed by atoms with E-state index in [-0.39, 0.29) is 16.9 Å². The summed E-state index contributed by atoms with van der Waals surface area (Å²) in [4.78, 5) is 32.3. The summed E-state index contributed by atoms with van der Waals surface area (Å²) in [5, 5.41) is 7.03. The van der Waals surface area contributed by atoms with E-state index in [0.717, 1.165) is 28.2 Å². The molecule has 0 bridgehead atoms. The quantitative estimate of drug-likeness (QED) is 0.508. The Morgan fingerprint density at radius 1 is 1.21 bits per heavy atom. The number of thiazole rings is 1. The molecule has 0 aliphatic heterocycles. The van der Waals surface area contributed by atoms with Gasteiger partial charge in [-0.3, -0.25) is 9.59 Å². The molecule has 148 valence electrons. The SMILES string of the molecule is CC(C)(C)c1cc(=O)n2ncc(-c3ccc(NC(=O)c4cnc(Cl)s4)cc3)c2[nH]1. The normalized spacial score (nSPS) is 11.7. The van der Waals surface area contributed by atoms with Crippen LogP contribution in [0.1, 0.15) is 36.1 Å². The minimum atomic E-state index is -0.266. The topological polar surface area (TPSA) is 92.2 Å². The van der Waals surface area contributed by atoms with Crippen LogP contribution in [0.5, 0.6) is 0 Å². The molecule has 9 heteroatoms. The van der Waals surface area contributed by atoms with Crippen LogP contribution in [-0.4, -0.2) is 25.5 Å². The third kappa shape index (κ3) is 3.81. The van der Waals surface area contributed by atoms with Crippen molar-refractivity contribution in [1.29, 1.82) is 0 Å². The summed E-state index contributed by atoms with van der Waals surface area (Å²) < 4.78 is 1.68. The summed E-state index contributed by atoms with van der Waals surface area (Å²) in [6.45, 7) is 6.12. The number of aromatic amines is 1. The first kappa shape index (κ1) is 19.4. The van der Waals surface area contributed by atoms with E-state index < -0.39 is 0 Å². The highest BCUT2D eigenvalue weighted by Crippen LogP contribution is 2.27. The average molecular weight is 428 g/mol. The molecule has 0 saturated heterocycles. The lowest BCUT2D eigenvalue weighted by molar-refractivity contribution is 0.103. The standard InChI is InChI=1S/C20H18ClN5O2S/c1-20(2,3)15-8-16(27)26-17(25-15)13(9-23-26)11-4-6-12(7-5-11)24-18(28)14-10-22-19(21)29-14/h4-10,25H,1-3H3,(H,24,28). The third-order valence-electron chi connectivity index (χ3n) is 4.46. The number of fused-ring (bicyclic) bond motifs is 1. The minimum Gasteiger partial charge on any atom is -0.342 e. The first-order valence-electron chi connectivity index (χ1n) is 8.87. The van der Waals surface area contributed by atoms with E-state index in [1.54, 1.807) is 24.4 Å². The maximum Gasteiger partial charge on any atom is 0.274 e. The van der Waals surface area contributed by atoms with Crippen LogP contribution in [0, 0.1) is 0 Å². The number of rotatable bonds is 3. The van der Waals surface area contributed by atoms with E-state index in [9.17, 15) is 9.59 Å². The number of halogens is 1. The number of amides is 1. The number of anilines is 1. The smallest absolute Gasteiger partial charge is 0.274 e. The van der Waals surface area contributed by atoms with E-state index in [2.05, 4.69) is 20.4 Å². The molecule has 4 aromatic rings. The summed E-state index contributed by atoms with van der Waals surface area (Å²) in [5.41, 5.74) is 3.42. The molecule has 4 rings (SSSR count). The van der Waals surface area contributed by atoms with Crippen LogP contribution >= 0.6 is 22.9 Å². The third-order valence-corrected chi connectivity index (χ3v) is 5.58. The molecular formula is C20H18ClN5O2S. The molecule has 3 aromatic heterocycles. The van der Waals surface area contributed by atoms with Gasteiger partial charge in [0.25, 0.3) is 11.5 Å². The van der Waals surface area contributed by atoms with E-state index >= 15 is 0 Å². The number of nitrogens with zero attached hydrogens (tertiary/aromatic N) is 3. The van der Waals surface area contributed by atoms with Gasteiger partial charge in [0.15, 0.2) is 4.47 Å². The molecule has 0 aliphatic carbocycles. The van der Waals surface area contributed by atoms with Crippen molar-refractivity contribution in [2.75, 3.05) is 5.32 Å². The molecule has 7 nitrogen and oxygen atoms in total. The fourth-order valence-corrected chi connectivity index (χ4v) is 3.72. The molecule has 1 aromatic carbocycles. The van der Waals surface area contributed by atoms with Crippen LogP contribution in [-0.2, 0) is 5.41 Å².